The van der Waals surface area contributed by atoms with E-state index in [2.05, 4.69) is 43.9 Å². The van der Waals surface area contributed by atoms with E-state index < -0.39 is 14.3 Å². The van der Waals surface area contributed by atoms with Gasteiger partial charge in [-0.25, -0.2) is 14.5 Å². The summed E-state index contributed by atoms with van der Waals surface area (Å²) in [5, 5.41) is 5.62. The molecule has 0 amide bonds. The van der Waals surface area contributed by atoms with Gasteiger partial charge in [-0.2, -0.15) is 5.10 Å². The van der Waals surface area contributed by atoms with E-state index in [-0.39, 0.29) is 5.04 Å². The van der Waals surface area contributed by atoms with Crippen molar-refractivity contribution in [3.63, 3.8) is 0 Å². The quantitative estimate of drug-likeness (QED) is 0.449. The van der Waals surface area contributed by atoms with E-state index in [1.54, 1.807) is 29.9 Å². The molecule has 0 saturated carbocycles. The van der Waals surface area contributed by atoms with Crippen LogP contribution in [-0.4, -0.2) is 35.7 Å². The van der Waals surface area contributed by atoms with Crippen molar-refractivity contribution in [1.29, 1.82) is 0 Å². The molecule has 6 nitrogen and oxygen atoms in total. The number of esters is 1. The molecule has 0 bridgehead atoms. The fourth-order valence-corrected chi connectivity index (χ4v) is 3.59. The first-order valence-corrected chi connectivity index (χ1v) is 12.3. The molecule has 3 rings (SSSR count). The molecule has 148 valence electrons. The van der Waals surface area contributed by atoms with Gasteiger partial charge in [-0.3, -0.25) is 0 Å². The van der Waals surface area contributed by atoms with E-state index in [1.807, 2.05) is 24.4 Å². The Morgan fingerprint density at radius 3 is 2.64 bits per heavy atom. The Kier molecular flexibility index (Phi) is 5.30. The second-order valence-corrected chi connectivity index (χ2v) is 13.0. The van der Waals surface area contributed by atoms with E-state index in [0.717, 1.165) is 16.7 Å². The molecule has 0 unspecified atom stereocenters. The second-order valence-electron chi connectivity index (χ2n) is 8.25. The summed E-state index contributed by atoms with van der Waals surface area (Å²) in [6, 6.07) is 9.28. The zero-order valence-electron chi connectivity index (χ0n) is 17.3. The van der Waals surface area contributed by atoms with E-state index in [0.29, 0.717) is 18.0 Å². The van der Waals surface area contributed by atoms with Gasteiger partial charge < -0.3 is 9.16 Å². The molecule has 3 aromatic rings. The largest absolute Gasteiger partial charge is 0.543 e. The van der Waals surface area contributed by atoms with Gasteiger partial charge in [-0.15, -0.1) is 0 Å². The maximum atomic E-state index is 12.2. The van der Waals surface area contributed by atoms with Crippen LogP contribution in [0.25, 0.3) is 16.7 Å². The zero-order chi connectivity index (χ0) is 20.5. The number of pyridine rings is 1. The van der Waals surface area contributed by atoms with E-state index >= 15 is 0 Å². The molecule has 0 fully saturated rings. The lowest BCUT2D eigenvalue weighted by molar-refractivity contribution is 0.0525. The number of ether oxygens (including phenoxy) is 1. The fraction of sp³-hybridized carbons (Fsp3) is 0.381. The van der Waals surface area contributed by atoms with Crippen molar-refractivity contribution in [2.45, 2.75) is 45.8 Å². The van der Waals surface area contributed by atoms with Gasteiger partial charge in [0.15, 0.2) is 5.82 Å². The van der Waals surface area contributed by atoms with E-state index in [1.165, 1.54) is 0 Å². The summed E-state index contributed by atoms with van der Waals surface area (Å²) in [7, 11) is -1.92. The summed E-state index contributed by atoms with van der Waals surface area (Å²) in [6.07, 6.45) is 3.50. The van der Waals surface area contributed by atoms with E-state index in [9.17, 15) is 4.79 Å². The van der Waals surface area contributed by atoms with Crippen molar-refractivity contribution >= 4 is 25.2 Å². The molecule has 1 aromatic carbocycles. The summed E-state index contributed by atoms with van der Waals surface area (Å²) in [5.74, 6) is 0.876. The minimum Gasteiger partial charge on any atom is -0.543 e. The standard InChI is InChI=1S/C21H27N3O3Si/c1-7-26-20(25)17-9-8-12-22-19(17)24-14-15-13-16(10-11-18(15)23-24)27-28(5,6)21(2,3)4/h8-14H,7H2,1-6H3. The van der Waals surface area contributed by atoms with Crippen LogP contribution in [0.1, 0.15) is 38.1 Å². The predicted octanol–water partition coefficient (Wildman–Crippen LogP) is 4.98. The van der Waals surface area contributed by atoms with Gasteiger partial charge in [-0.05, 0) is 55.4 Å². The highest BCUT2D eigenvalue weighted by molar-refractivity contribution is 6.74. The minimum absolute atomic E-state index is 0.120. The summed E-state index contributed by atoms with van der Waals surface area (Å²) in [5.41, 5.74) is 1.19. The topological polar surface area (TPSA) is 66.2 Å². The lowest BCUT2D eigenvalue weighted by Crippen LogP contribution is -2.43. The molecule has 28 heavy (non-hydrogen) atoms. The molecule has 0 N–H and O–H groups in total. The highest BCUT2D eigenvalue weighted by Gasteiger charge is 2.39. The number of aromatic nitrogens is 3. The van der Waals surface area contributed by atoms with Gasteiger partial charge in [0.1, 0.15) is 11.3 Å². The van der Waals surface area contributed by atoms with Gasteiger partial charge in [-0.1, -0.05) is 20.8 Å². The molecule has 2 heterocycles. The molecule has 0 radical (unpaired) electrons. The van der Waals surface area contributed by atoms with E-state index in [4.69, 9.17) is 9.16 Å². The molecular formula is C21H27N3O3Si. The highest BCUT2D eigenvalue weighted by atomic mass is 28.4. The van der Waals surface area contributed by atoms with Crippen molar-refractivity contribution in [3.05, 3.63) is 48.3 Å². The second kappa shape index (κ2) is 7.39. The van der Waals surface area contributed by atoms with Gasteiger partial charge >= 0.3 is 5.97 Å². The Morgan fingerprint density at radius 2 is 1.96 bits per heavy atom. The van der Waals surface area contributed by atoms with Gasteiger partial charge in [0.05, 0.1) is 12.1 Å². The van der Waals surface area contributed by atoms with Crippen molar-refractivity contribution in [2.75, 3.05) is 6.61 Å². The van der Waals surface area contributed by atoms with Gasteiger partial charge in [0.25, 0.3) is 0 Å². The fourth-order valence-electron chi connectivity index (χ4n) is 2.57. The van der Waals surface area contributed by atoms with Crippen LogP contribution in [0.3, 0.4) is 0 Å². The Hall–Kier alpha value is -2.67. The third kappa shape index (κ3) is 3.94. The number of benzene rings is 1. The highest BCUT2D eigenvalue weighted by Crippen LogP contribution is 2.37. The van der Waals surface area contributed by atoms with Crippen LogP contribution in [-0.2, 0) is 4.74 Å². The first kappa shape index (κ1) is 20.1. The predicted molar refractivity (Wildman–Crippen MR) is 113 cm³/mol. The molecule has 0 spiro atoms. The number of carbonyl (C=O) groups is 1. The van der Waals surface area contributed by atoms with Gasteiger partial charge in [0.2, 0.25) is 8.32 Å². The average molecular weight is 398 g/mol. The molecule has 0 saturated heterocycles. The van der Waals surface area contributed by atoms with Crippen molar-refractivity contribution in [2.24, 2.45) is 0 Å². The SMILES string of the molecule is CCOC(=O)c1cccnc1-n1cc2cc(O[Si](C)(C)C(C)(C)C)ccc2n1. The Morgan fingerprint density at radius 1 is 1.21 bits per heavy atom. The maximum absolute atomic E-state index is 12.2. The molecule has 0 atom stereocenters. The molecule has 0 aliphatic rings. The maximum Gasteiger partial charge on any atom is 0.341 e. The summed E-state index contributed by atoms with van der Waals surface area (Å²) < 4.78 is 13.1. The Labute approximate surface area is 166 Å². The molecule has 7 heteroatoms. The Balaban J connectivity index is 1.98. The molecule has 2 aromatic heterocycles. The normalized spacial score (nSPS) is 12.2. The molecular weight excluding hydrogens is 370 g/mol. The third-order valence-corrected chi connectivity index (χ3v) is 9.51. The van der Waals surface area contributed by atoms with Crippen LogP contribution < -0.4 is 4.43 Å². The Bertz CT molecular complexity index is 1010. The van der Waals surface area contributed by atoms with Gasteiger partial charge in [0, 0.05) is 17.8 Å². The zero-order valence-corrected chi connectivity index (χ0v) is 18.3. The lowest BCUT2D eigenvalue weighted by Gasteiger charge is -2.36. The van der Waals surface area contributed by atoms with Crippen LogP contribution in [0.2, 0.25) is 18.1 Å². The number of hydrogen-bond donors (Lipinski definition) is 0. The monoisotopic (exact) mass is 397 g/mol. The summed E-state index contributed by atoms with van der Waals surface area (Å²) in [4.78, 5) is 16.6. The van der Waals surface area contributed by atoms with Crippen molar-refractivity contribution in [3.8, 4) is 11.6 Å². The van der Waals surface area contributed by atoms with Crippen molar-refractivity contribution in [1.82, 2.24) is 14.8 Å². The van der Waals surface area contributed by atoms with Crippen LogP contribution in [0.5, 0.6) is 5.75 Å². The first-order valence-electron chi connectivity index (χ1n) is 9.43. The average Bonchev–Trinajstić information content (AvgIpc) is 3.04. The molecule has 0 aliphatic heterocycles. The van der Waals surface area contributed by atoms with Crippen LogP contribution in [0.4, 0.5) is 0 Å². The smallest absolute Gasteiger partial charge is 0.341 e. The summed E-state index contributed by atoms with van der Waals surface area (Å²) >= 11 is 0. The summed E-state index contributed by atoms with van der Waals surface area (Å²) in [6.45, 7) is 13.2. The van der Waals surface area contributed by atoms with Crippen LogP contribution >= 0.6 is 0 Å². The number of hydrogen-bond acceptors (Lipinski definition) is 5. The first-order chi connectivity index (χ1) is 13.1. The third-order valence-electron chi connectivity index (χ3n) is 5.15. The molecule has 0 aliphatic carbocycles. The van der Waals surface area contributed by atoms with Crippen LogP contribution in [0, 0.1) is 0 Å². The van der Waals surface area contributed by atoms with Crippen LogP contribution in [0.15, 0.2) is 42.7 Å². The van der Waals surface area contributed by atoms with Crippen molar-refractivity contribution < 1.29 is 14.0 Å². The number of rotatable bonds is 5. The minimum atomic E-state index is -1.92. The number of carbonyl (C=O) groups excluding carboxylic acids is 1. The lowest BCUT2D eigenvalue weighted by atomic mass is 10.2. The number of fused-ring (bicyclic) bond motifs is 1. The number of nitrogens with zero attached hydrogens (tertiary/aromatic N) is 3.